The zero-order valence-electron chi connectivity index (χ0n) is 7.49. The normalized spacial score (nSPS) is 10.1. The molecule has 0 spiro atoms. The number of nitrogens with zero attached hydrogens (tertiary/aromatic N) is 1. The van der Waals surface area contributed by atoms with E-state index in [2.05, 4.69) is 15.9 Å². The Hall–Kier alpha value is -1.47. The molecule has 0 heterocycles. The van der Waals surface area contributed by atoms with Gasteiger partial charge in [0.2, 0.25) is 0 Å². The van der Waals surface area contributed by atoms with Crippen LogP contribution in [0.5, 0.6) is 11.5 Å². The number of ether oxygens (including phenoxy) is 1. The molecule has 1 aromatic rings. The Bertz CT molecular complexity index is 407. The Morgan fingerprint density at radius 3 is 2.86 bits per heavy atom. The van der Waals surface area contributed by atoms with E-state index >= 15 is 0 Å². The minimum Gasteiger partial charge on any atom is -0.503 e. The summed E-state index contributed by atoms with van der Waals surface area (Å²) in [5.74, 6) is 0.429. The summed E-state index contributed by atoms with van der Waals surface area (Å²) < 4.78 is 5.49. The molecule has 0 aliphatic carbocycles. The lowest BCUT2D eigenvalue weighted by atomic mass is 10.2. The number of methoxy groups -OCH3 is 1. The lowest BCUT2D eigenvalue weighted by molar-refractivity contribution is 0.372. The van der Waals surface area contributed by atoms with Gasteiger partial charge in [-0.2, -0.15) is 5.26 Å². The minimum absolute atomic E-state index is 0.0570. The van der Waals surface area contributed by atoms with Gasteiger partial charge in [-0.05, 0) is 39.7 Å². The average Bonchev–Trinajstić information content (AvgIpc) is 2.19. The van der Waals surface area contributed by atoms with Crippen molar-refractivity contribution in [2.75, 3.05) is 7.11 Å². The molecular weight excluding hydrogens is 246 g/mol. The lowest BCUT2D eigenvalue weighted by Crippen LogP contribution is -1.85. The summed E-state index contributed by atoms with van der Waals surface area (Å²) >= 11 is 3.18. The molecular formula is C10H8BrNO2. The molecule has 14 heavy (non-hydrogen) atoms. The number of phenols is 1. The molecule has 72 valence electrons. The highest BCUT2D eigenvalue weighted by Gasteiger charge is 2.06. The van der Waals surface area contributed by atoms with E-state index in [9.17, 15) is 5.11 Å². The van der Waals surface area contributed by atoms with Crippen LogP contribution in [0.3, 0.4) is 0 Å². The van der Waals surface area contributed by atoms with Crippen molar-refractivity contribution in [1.82, 2.24) is 0 Å². The lowest BCUT2D eigenvalue weighted by Gasteiger charge is -2.05. The molecule has 3 nitrogen and oxygen atoms in total. The van der Waals surface area contributed by atoms with Gasteiger partial charge in [0.25, 0.3) is 0 Å². The van der Waals surface area contributed by atoms with Gasteiger partial charge in [0.05, 0.1) is 17.7 Å². The van der Waals surface area contributed by atoms with Crippen LogP contribution in [0.2, 0.25) is 0 Å². The van der Waals surface area contributed by atoms with E-state index in [-0.39, 0.29) is 5.75 Å². The maximum atomic E-state index is 9.49. The third-order valence-electron chi connectivity index (χ3n) is 1.62. The number of rotatable bonds is 2. The predicted octanol–water partition coefficient (Wildman–Crippen LogP) is 2.70. The fourth-order valence-corrected chi connectivity index (χ4v) is 1.44. The van der Waals surface area contributed by atoms with E-state index in [1.165, 1.54) is 13.2 Å². The molecule has 0 fully saturated rings. The van der Waals surface area contributed by atoms with Gasteiger partial charge in [0, 0.05) is 6.08 Å². The third-order valence-corrected chi connectivity index (χ3v) is 2.23. The molecule has 0 aliphatic rings. The molecule has 0 aliphatic heterocycles. The molecule has 0 saturated heterocycles. The van der Waals surface area contributed by atoms with Crippen LogP contribution in [-0.4, -0.2) is 12.2 Å². The molecule has 0 amide bonds. The Kier molecular flexibility index (Phi) is 3.55. The monoisotopic (exact) mass is 253 g/mol. The standard InChI is InChI=1S/C10H8BrNO2/c1-14-9-6-7(3-2-4-12)5-8(11)10(9)13/h2-3,5-6,13H,1H3. The smallest absolute Gasteiger partial charge is 0.172 e. The molecule has 1 N–H and O–H groups in total. The second-order valence-corrected chi connectivity index (χ2v) is 3.37. The van der Waals surface area contributed by atoms with Crippen LogP contribution in [0.25, 0.3) is 6.08 Å². The SMILES string of the molecule is COc1cc(C=CC#N)cc(Br)c1O. The maximum absolute atomic E-state index is 9.49. The predicted molar refractivity (Wildman–Crippen MR) is 57.0 cm³/mol. The first kappa shape index (κ1) is 10.6. The highest BCUT2D eigenvalue weighted by Crippen LogP contribution is 2.35. The van der Waals surface area contributed by atoms with Crippen molar-refractivity contribution < 1.29 is 9.84 Å². The number of phenolic OH excluding ortho intramolecular Hbond substituents is 1. The number of nitriles is 1. The van der Waals surface area contributed by atoms with E-state index in [4.69, 9.17) is 10.00 Å². The topological polar surface area (TPSA) is 53.2 Å². The van der Waals surface area contributed by atoms with E-state index in [0.717, 1.165) is 5.56 Å². The van der Waals surface area contributed by atoms with E-state index in [1.807, 2.05) is 6.07 Å². The van der Waals surface area contributed by atoms with E-state index in [1.54, 1.807) is 18.2 Å². The maximum Gasteiger partial charge on any atom is 0.172 e. The highest BCUT2D eigenvalue weighted by atomic mass is 79.9. The second-order valence-electron chi connectivity index (χ2n) is 2.52. The van der Waals surface area contributed by atoms with Crippen LogP contribution in [0.1, 0.15) is 5.56 Å². The fourth-order valence-electron chi connectivity index (χ4n) is 0.979. The number of hydrogen-bond donors (Lipinski definition) is 1. The third kappa shape index (κ3) is 2.27. The average molecular weight is 254 g/mol. The van der Waals surface area contributed by atoms with Crippen LogP contribution >= 0.6 is 15.9 Å². The number of halogens is 1. The van der Waals surface area contributed by atoms with Gasteiger partial charge in [-0.1, -0.05) is 0 Å². The Labute approximate surface area is 90.4 Å². The highest BCUT2D eigenvalue weighted by molar-refractivity contribution is 9.10. The summed E-state index contributed by atoms with van der Waals surface area (Å²) in [6, 6.07) is 5.24. The molecule has 1 aromatic carbocycles. The van der Waals surface area contributed by atoms with Gasteiger partial charge < -0.3 is 9.84 Å². The number of hydrogen-bond acceptors (Lipinski definition) is 3. The molecule has 1 rings (SSSR count). The van der Waals surface area contributed by atoms with Crippen molar-refractivity contribution >= 4 is 22.0 Å². The van der Waals surface area contributed by atoms with Gasteiger partial charge in [-0.15, -0.1) is 0 Å². The Morgan fingerprint density at radius 1 is 1.57 bits per heavy atom. The van der Waals surface area contributed by atoms with Gasteiger partial charge >= 0.3 is 0 Å². The van der Waals surface area contributed by atoms with Crippen LogP contribution in [0.4, 0.5) is 0 Å². The summed E-state index contributed by atoms with van der Waals surface area (Å²) in [6.45, 7) is 0. The van der Waals surface area contributed by atoms with Crippen LogP contribution in [-0.2, 0) is 0 Å². The summed E-state index contributed by atoms with van der Waals surface area (Å²) in [7, 11) is 1.47. The van der Waals surface area contributed by atoms with Gasteiger partial charge in [0.1, 0.15) is 0 Å². The number of allylic oxidation sites excluding steroid dienone is 1. The molecule has 0 unspecified atom stereocenters. The first-order valence-corrected chi connectivity index (χ1v) is 4.61. The number of benzene rings is 1. The Morgan fingerprint density at radius 2 is 2.29 bits per heavy atom. The summed E-state index contributed by atoms with van der Waals surface area (Å²) in [5, 5.41) is 17.8. The second kappa shape index (κ2) is 4.68. The zero-order valence-corrected chi connectivity index (χ0v) is 9.08. The molecule has 4 heteroatoms. The van der Waals surface area contributed by atoms with Crippen molar-refractivity contribution in [3.63, 3.8) is 0 Å². The first-order chi connectivity index (χ1) is 6.69. The summed E-state index contributed by atoms with van der Waals surface area (Å²) in [6.07, 6.45) is 2.99. The van der Waals surface area contributed by atoms with E-state index < -0.39 is 0 Å². The fraction of sp³-hybridized carbons (Fsp3) is 0.100. The van der Waals surface area contributed by atoms with Crippen molar-refractivity contribution in [3.05, 3.63) is 28.2 Å². The molecule has 0 atom stereocenters. The number of aromatic hydroxyl groups is 1. The van der Waals surface area contributed by atoms with Gasteiger partial charge in [0.15, 0.2) is 11.5 Å². The van der Waals surface area contributed by atoms with Crippen molar-refractivity contribution in [1.29, 1.82) is 5.26 Å². The van der Waals surface area contributed by atoms with Gasteiger partial charge in [-0.3, -0.25) is 0 Å². The minimum atomic E-state index is 0.0570. The zero-order chi connectivity index (χ0) is 10.6. The Balaban J connectivity index is 3.17. The van der Waals surface area contributed by atoms with Crippen molar-refractivity contribution in [2.45, 2.75) is 0 Å². The first-order valence-electron chi connectivity index (χ1n) is 3.81. The molecule has 0 bridgehead atoms. The molecule has 0 saturated carbocycles. The quantitative estimate of drug-likeness (QED) is 0.825. The van der Waals surface area contributed by atoms with E-state index in [0.29, 0.717) is 10.2 Å². The van der Waals surface area contributed by atoms with Crippen molar-refractivity contribution in [3.8, 4) is 17.6 Å². The van der Waals surface area contributed by atoms with Crippen LogP contribution in [0.15, 0.2) is 22.7 Å². The summed E-state index contributed by atoms with van der Waals surface area (Å²) in [4.78, 5) is 0. The summed E-state index contributed by atoms with van der Waals surface area (Å²) in [5.41, 5.74) is 0.785. The van der Waals surface area contributed by atoms with Crippen molar-refractivity contribution in [2.24, 2.45) is 0 Å². The van der Waals surface area contributed by atoms with Crippen LogP contribution < -0.4 is 4.74 Å². The van der Waals surface area contributed by atoms with Gasteiger partial charge in [-0.25, -0.2) is 0 Å². The van der Waals surface area contributed by atoms with Crippen LogP contribution in [0, 0.1) is 11.3 Å². The molecule has 0 aromatic heterocycles. The largest absolute Gasteiger partial charge is 0.503 e. The molecule has 0 radical (unpaired) electrons.